The molecule has 0 fully saturated rings. The van der Waals surface area contributed by atoms with E-state index in [-0.39, 0.29) is 11.4 Å². The Labute approximate surface area is 119 Å². The molecule has 1 aromatic heterocycles. The van der Waals surface area contributed by atoms with Gasteiger partial charge in [-0.1, -0.05) is 6.07 Å². The highest BCUT2D eigenvalue weighted by atomic mass is 32.2. The van der Waals surface area contributed by atoms with E-state index in [2.05, 4.69) is 9.71 Å². The van der Waals surface area contributed by atoms with Crippen LogP contribution in [0.2, 0.25) is 0 Å². The Bertz CT molecular complexity index is 676. The average Bonchev–Trinajstić information content (AvgIpc) is 2.89. The van der Waals surface area contributed by atoms with E-state index in [0.717, 1.165) is 16.9 Å². The number of anilines is 1. The molecule has 2 aromatic rings. The van der Waals surface area contributed by atoms with E-state index in [0.29, 0.717) is 0 Å². The number of benzene rings is 1. The molecule has 0 radical (unpaired) electrons. The normalized spacial score (nSPS) is 11.6. The first-order valence-corrected chi connectivity index (χ1v) is 7.78. The smallest absolute Gasteiger partial charge is 0.240 e. The standard InChI is InChI=1S/C14H19N3O2S/c1-11-6-7-13(9-14(11)17(2)3)20(18,19)16-10-12-5-4-8-15-12/h4-9,15-16H,10H2,1-3H3. The highest BCUT2D eigenvalue weighted by Crippen LogP contribution is 2.22. The molecule has 1 heterocycles. The molecule has 0 amide bonds. The number of nitrogens with zero attached hydrogens (tertiary/aromatic N) is 1. The molecule has 0 saturated heterocycles. The quantitative estimate of drug-likeness (QED) is 0.884. The molecule has 5 nitrogen and oxygen atoms in total. The van der Waals surface area contributed by atoms with Gasteiger partial charge >= 0.3 is 0 Å². The zero-order valence-electron chi connectivity index (χ0n) is 11.8. The third-order valence-corrected chi connectivity index (χ3v) is 4.49. The summed E-state index contributed by atoms with van der Waals surface area (Å²) >= 11 is 0. The Morgan fingerprint density at radius 3 is 2.60 bits per heavy atom. The fourth-order valence-corrected chi connectivity index (χ4v) is 3.00. The van der Waals surface area contributed by atoms with Gasteiger partial charge in [0.05, 0.1) is 11.4 Å². The highest BCUT2D eigenvalue weighted by Gasteiger charge is 2.15. The maximum atomic E-state index is 12.3. The van der Waals surface area contributed by atoms with Crippen LogP contribution in [0.5, 0.6) is 0 Å². The second-order valence-electron chi connectivity index (χ2n) is 4.86. The summed E-state index contributed by atoms with van der Waals surface area (Å²) in [5, 5.41) is 0. The summed E-state index contributed by atoms with van der Waals surface area (Å²) in [5.41, 5.74) is 2.76. The number of aromatic amines is 1. The van der Waals surface area contributed by atoms with Gasteiger partial charge in [-0.15, -0.1) is 0 Å². The first kappa shape index (κ1) is 14.6. The molecule has 0 aliphatic carbocycles. The van der Waals surface area contributed by atoms with Gasteiger partial charge in [-0.3, -0.25) is 0 Å². The lowest BCUT2D eigenvalue weighted by atomic mass is 10.2. The number of H-pyrrole nitrogens is 1. The number of sulfonamides is 1. The lowest BCUT2D eigenvalue weighted by molar-refractivity contribution is 0.580. The second-order valence-corrected chi connectivity index (χ2v) is 6.63. The van der Waals surface area contributed by atoms with E-state index in [1.54, 1.807) is 18.3 Å². The fraction of sp³-hybridized carbons (Fsp3) is 0.286. The van der Waals surface area contributed by atoms with Crippen molar-refractivity contribution in [2.75, 3.05) is 19.0 Å². The predicted molar refractivity (Wildman–Crippen MR) is 80.3 cm³/mol. The maximum Gasteiger partial charge on any atom is 0.240 e. The van der Waals surface area contributed by atoms with Crippen LogP contribution in [0.3, 0.4) is 0 Å². The minimum Gasteiger partial charge on any atom is -0.377 e. The van der Waals surface area contributed by atoms with Crippen LogP contribution < -0.4 is 9.62 Å². The van der Waals surface area contributed by atoms with Crippen LogP contribution in [0.4, 0.5) is 5.69 Å². The van der Waals surface area contributed by atoms with Crippen LogP contribution in [0, 0.1) is 6.92 Å². The van der Waals surface area contributed by atoms with Gasteiger partial charge in [0.15, 0.2) is 0 Å². The number of hydrogen-bond acceptors (Lipinski definition) is 3. The van der Waals surface area contributed by atoms with Gasteiger partial charge in [-0.05, 0) is 36.8 Å². The van der Waals surface area contributed by atoms with Gasteiger partial charge in [-0.2, -0.15) is 0 Å². The molecule has 6 heteroatoms. The summed E-state index contributed by atoms with van der Waals surface area (Å²) in [4.78, 5) is 5.14. The first-order chi connectivity index (χ1) is 9.40. The van der Waals surface area contributed by atoms with Gasteiger partial charge < -0.3 is 9.88 Å². The van der Waals surface area contributed by atoms with E-state index < -0.39 is 10.0 Å². The minimum absolute atomic E-state index is 0.251. The molecule has 0 aliphatic rings. The van der Waals surface area contributed by atoms with Crippen LogP contribution in [0.25, 0.3) is 0 Å². The Morgan fingerprint density at radius 2 is 2.00 bits per heavy atom. The van der Waals surface area contributed by atoms with Gasteiger partial charge in [-0.25, -0.2) is 13.1 Å². The van der Waals surface area contributed by atoms with Crippen LogP contribution >= 0.6 is 0 Å². The summed E-state index contributed by atoms with van der Waals surface area (Å²) < 4.78 is 27.1. The zero-order chi connectivity index (χ0) is 14.8. The molecule has 0 saturated carbocycles. The summed E-state index contributed by atoms with van der Waals surface area (Å²) in [5.74, 6) is 0. The van der Waals surface area contributed by atoms with Crippen molar-refractivity contribution < 1.29 is 8.42 Å². The monoisotopic (exact) mass is 293 g/mol. The van der Waals surface area contributed by atoms with Crippen LogP contribution in [0.15, 0.2) is 41.4 Å². The van der Waals surface area contributed by atoms with Gasteiger partial charge in [0.1, 0.15) is 0 Å². The van der Waals surface area contributed by atoms with Crippen molar-refractivity contribution in [1.29, 1.82) is 0 Å². The van der Waals surface area contributed by atoms with Crippen molar-refractivity contribution in [1.82, 2.24) is 9.71 Å². The predicted octanol–water partition coefficient (Wildman–Crippen LogP) is 1.87. The summed E-state index contributed by atoms with van der Waals surface area (Å²) in [6, 6.07) is 8.80. The van der Waals surface area contributed by atoms with Crippen LogP contribution in [-0.4, -0.2) is 27.5 Å². The number of hydrogen-bond donors (Lipinski definition) is 2. The lowest BCUT2D eigenvalue weighted by Crippen LogP contribution is -2.24. The molecule has 0 atom stereocenters. The van der Waals surface area contributed by atoms with Crippen molar-refractivity contribution in [2.45, 2.75) is 18.4 Å². The Kier molecular flexibility index (Phi) is 4.15. The molecule has 1 aromatic carbocycles. The summed E-state index contributed by atoms with van der Waals surface area (Å²) in [6.45, 7) is 2.21. The molecule has 20 heavy (non-hydrogen) atoms. The fourth-order valence-electron chi connectivity index (χ4n) is 1.97. The number of nitrogens with one attached hydrogen (secondary N) is 2. The van der Waals surface area contributed by atoms with E-state index in [9.17, 15) is 8.42 Å². The lowest BCUT2D eigenvalue weighted by Gasteiger charge is -2.17. The van der Waals surface area contributed by atoms with E-state index in [1.165, 1.54) is 0 Å². The summed E-state index contributed by atoms with van der Waals surface area (Å²) in [6.07, 6.45) is 1.76. The SMILES string of the molecule is Cc1ccc(S(=O)(=O)NCc2ccc[nH]2)cc1N(C)C. The second kappa shape index (κ2) is 5.68. The molecule has 2 N–H and O–H groups in total. The maximum absolute atomic E-state index is 12.3. The Morgan fingerprint density at radius 1 is 1.25 bits per heavy atom. The minimum atomic E-state index is -3.51. The molecule has 108 valence electrons. The average molecular weight is 293 g/mol. The molecule has 2 rings (SSSR count). The molecule has 0 bridgehead atoms. The molecule has 0 aliphatic heterocycles. The van der Waals surface area contributed by atoms with Gasteiger partial charge in [0.2, 0.25) is 10.0 Å². The number of aromatic nitrogens is 1. The molecule has 0 spiro atoms. The van der Waals surface area contributed by atoms with Crippen molar-refractivity contribution in [3.8, 4) is 0 Å². The largest absolute Gasteiger partial charge is 0.377 e. The van der Waals surface area contributed by atoms with Crippen molar-refractivity contribution in [3.05, 3.63) is 47.8 Å². The number of rotatable bonds is 5. The third-order valence-electron chi connectivity index (χ3n) is 3.09. The highest BCUT2D eigenvalue weighted by molar-refractivity contribution is 7.89. The topological polar surface area (TPSA) is 65.2 Å². The van der Waals surface area contributed by atoms with Gasteiger partial charge in [0.25, 0.3) is 0 Å². The number of aryl methyl sites for hydroxylation is 1. The zero-order valence-corrected chi connectivity index (χ0v) is 12.7. The molecular weight excluding hydrogens is 274 g/mol. The van der Waals surface area contributed by atoms with Crippen molar-refractivity contribution in [3.63, 3.8) is 0 Å². The van der Waals surface area contributed by atoms with Crippen molar-refractivity contribution in [2.24, 2.45) is 0 Å². The Balaban J connectivity index is 2.23. The van der Waals surface area contributed by atoms with E-state index >= 15 is 0 Å². The van der Waals surface area contributed by atoms with Crippen LogP contribution in [0.1, 0.15) is 11.3 Å². The van der Waals surface area contributed by atoms with Gasteiger partial charge in [0, 0.05) is 31.7 Å². The van der Waals surface area contributed by atoms with E-state index in [4.69, 9.17) is 0 Å². The first-order valence-electron chi connectivity index (χ1n) is 6.30. The molecule has 0 unspecified atom stereocenters. The van der Waals surface area contributed by atoms with Crippen LogP contribution in [-0.2, 0) is 16.6 Å². The van der Waals surface area contributed by atoms with Crippen molar-refractivity contribution >= 4 is 15.7 Å². The summed E-state index contributed by atoms with van der Waals surface area (Å²) in [7, 11) is 0.282. The Hall–Kier alpha value is -1.79. The van der Waals surface area contributed by atoms with E-state index in [1.807, 2.05) is 44.1 Å². The third kappa shape index (κ3) is 3.20. The molecular formula is C14H19N3O2S.